The first-order valence-corrected chi connectivity index (χ1v) is 10.1. The number of carboxylic acids is 2. The number of nitrogens with one attached hydrogen (secondary N) is 1. The summed E-state index contributed by atoms with van der Waals surface area (Å²) < 4.78 is 13.0. The van der Waals surface area contributed by atoms with E-state index in [9.17, 15) is 14.0 Å². The van der Waals surface area contributed by atoms with E-state index in [0.717, 1.165) is 32.5 Å². The molecular weight excluding hydrogens is 419 g/mol. The summed E-state index contributed by atoms with van der Waals surface area (Å²) in [6, 6.07) is 14.9. The number of carbonyl (C=O) groups is 4. The van der Waals surface area contributed by atoms with E-state index in [2.05, 4.69) is 10.2 Å². The highest BCUT2D eigenvalue weighted by Gasteiger charge is 2.25. The number of carboxylic acid groups (broad SMARTS) is 2. The van der Waals surface area contributed by atoms with E-state index >= 15 is 0 Å². The number of rotatable bonds is 6. The van der Waals surface area contributed by atoms with Crippen LogP contribution in [0, 0.1) is 11.7 Å². The first-order valence-electron chi connectivity index (χ1n) is 10.1. The van der Waals surface area contributed by atoms with Crippen LogP contribution in [-0.2, 0) is 9.59 Å². The molecule has 32 heavy (non-hydrogen) atoms. The number of amides is 1. The molecule has 1 heterocycles. The van der Waals surface area contributed by atoms with Crippen molar-refractivity contribution in [3.8, 4) is 0 Å². The fourth-order valence-electron chi connectivity index (χ4n) is 3.29. The number of halogens is 1. The number of aliphatic carboxylic acids is 2. The number of likely N-dealkylation sites (tertiary alicyclic amines) is 1. The molecule has 9 heteroatoms. The normalized spacial score (nSPS) is 14.0. The van der Waals surface area contributed by atoms with Gasteiger partial charge >= 0.3 is 11.9 Å². The molecule has 0 radical (unpaired) electrons. The van der Waals surface area contributed by atoms with Crippen molar-refractivity contribution in [2.24, 2.45) is 5.92 Å². The molecule has 2 aromatic carbocycles. The molecule has 0 spiro atoms. The molecule has 0 aliphatic carbocycles. The number of hydrogen-bond donors (Lipinski definition) is 3. The minimum absolute atomic E-state index is 0.00405. The Morgan fingerprint density at radius 1 is 0.875 bits per heavy atom. The van der Waals surface area contributed by atoms with Crippen LogP contribution in [0.4, 0.5) is 4.39 Å². The summed E-state index contributed by atoms with van der Waals surface area (Å²) >= 11 is 0. The fourth-order valence-corrected chi connectivity index (χ4v) is 3.29. The Morgan fingerprint density at radius 3 is 1.97 bits per heavy atom. The maximum absolute atomic E-state index is 13.0. The molecule has 0 bridgehead atoms. The monoisotopic (exact) mass is 444 g/mol. The van der Waals surface area contributed by atoms with Crippen LogP contribution in [0.1, 0.15) is 33.6 Å². The highest BCUT2D eigenvalue weighted by molar-refractivity contribution is 6.27. The lowest BCUT2D eigenvalue weighted by molar-refractivity contribution is -0.159. The Hall–Kier alpha value is -3.59. The Balaban J connectivity index is 0.000000534. The molecule has 3 N–H and O–H groups in total. The van der Waals surface area contributed by atoms with Crippen LogP contribution < -0.4 is 5.32 Å². The van der Waals surface area contributed by atoms with Crippen LogP contribution >= 0.6 is 0 Å². The number of Topliss-reactive ketones (excluding diaryl/α,β-unsaturated/α-hetero) is 1. The van der Waals surface area contributed by atoms with Crippen molar-refractivity contribution in [2.75, 3.05) is 26.2 Å². The topological polar surface area (TPSA) is 124 Å². The Bertz CT molecular complexity index is 913. The quantitative estimate of drug-likeness (QED) is 0.461. The zero-order valence-electron chi connectivity index (χ0n) is 17.4. The van der Waals surface area contributed by atoms with E-state index in [-0.39, 0.29) is 23.4 Å². The average Bonchev–Trinajstić information content (AvgIpc) is 2.80. The molecule has 1 aliphatic heterocycles. The van der Waals surface area contributed by atoms with Crippen LogP contribution in [0.3, 0.4) is 0 Å². The fraction of sp³-hybridized carbons (Fsp3) is 0.304. The zero-order valence-corrected chi connectivity index (χ0v) is 17.4. The number of hydrogen-bond acceptors (Lipinski definition) is 5. The maximum atomic E-state index is 13.0. The molecular formula is C23H25FN2O6. The highest BCUT2D eigenvalue weighted by atomic mass is 19.1. The van der Waals surface area contributed by atoms with Crippen LogP contribution in [-0.4, -0.2) is 64.9 Å². The number of ketones is 1. The van der Waals surface area contributed by atoms with E-state index in [1.807, 2.05) is 18.2 Å². The SMILES string of the molecule is O=C(NCCN1CCC(C(=O)c2ccc(F)cc2)CC1)c1ccccc1.O=C(O)C(=O)O. The third-order valence-electron chi connectivity index (χ3n) is 5.02. The maximum Gasteiger partial charge on any atom is 0.414 e. The van der Waals surface area contributed by atoms with Crippen molar-refractivity contribution in [1.29, 1.82) is 0 Å². The summed E-state index contributed by atoms with van der Waals surface area (Å²) in [5.41, 5.74) is 1.25. The molecule has 0 unspecified atom stereocenters. The van der Waals surface area contributed by atoms with E-state index in [4.69, 9.17) is 19.8 Å². The summed E-state index contributed by atoms with van der Waals surface area (Å²) in [5, 5.41) is 17.7. The zero-order chi connectivity index (χ0) is 23.5. The van der Waals surface area contributed by atoms with Crippen molar-refractivity contribution in [1.82, 2.24) is 10.2 Å². The molecule has 0 aromatic heterocycles. The van der Waals surface area contributed by atoms with Gasteiger partial charge in [0.1, 0.15) is 5.82 Å². The van der Waals surface area contributed by atoms with Gasteiger partial charge in [0, 0.05) is 30.1 Å². The smallest absolute Gasteiger partial charge is 0.414 e. The van der Waals surface area contributed by atoms with Gasteiger partial charge < -0.3 is 20.4 Å². The molecule has 8 nitrogen and oxygen atoms in total. The molecule has 3 rings (SSSR count). The van der Waals surface area contributed by atoms with Gasteiger partial charge in [-0.15, -0.1) is 0 Å². The van der Waals surface area contributed by atoms with Gasteiger partial charge in [-0.25, -0.2) is 14.0 Å². The Labute approximate surface area is 184 Å². The first kappa shape index (κ1) is 24.7. The van der Waals surface area contributed by atoms with Crippen molar-refractivity contribution in [3.63, 3.8) is 0 Å². The molecule has 2 aromatic rings. The van der Waals surface area contributed by atoms with E-state index in [0.29, 0.717) is 17.7 Å². The van der Waals surface area contributed by atoms with Crippen LogP contribution in [0.25, 0.3) is 0 Å². The average molecular weight is 444 g/mol. The molecule has 1 aliphatic rings. The minimum Gasteiger partial charge on any atom is -0.473 e. The van der Waals surface area contributed by atoms with Gasteiger partial charge in [-0.3, -0.25) is 9.59 Å². The van der Waals surface area contributed by atoms with Crippen molar-refractivity contribution < 1.29 is 33.8 Å². The number of carbonyl (C=O) groups excluding carboxylic acids is 2. The van der Waals surface area contributed by atoms with E-state index in [1.54, 1.807) is 24.3 Å². The van der Waals surface area contributed by atoms with Crippen LogP contribution in [0.5, 0.6) is 0 Å². The summed E-state index contributed by atoms with van der Waals surface area (Å²) in [4.78, 5) is 45.0. The molecule has 1 amide bonds. The second kappa shape index (κ2) is 12.3. The molecule has 1 saturated heterocycles. The first-order chi connectivity index (χ1) is 15.3. The van der Waals surface area contributed by atoms with Gasteiger partial charge in [0.05, 0.1) is 0 Å². The van der Waals surface area contributed by atoms with Gasteiger partial charge in [0.15, 0.2) is 5.78 Å². The van der Waals surface area contributed by atoms with Gasteiger partial charge in [0.25, 0.3) is 5.91 Å². The lowest BCUT2D eigenvalue weighted by Gasteiger charge is -2.31. The number of piperidine rings is 1. The number of benzene rings is 2. The summed E-state index contributed by atoms with van der Waals surface area (Å²) in [5.74, 6) is -3.94. The van der Waals surface area contributed by atoms with Gasteiger partial charge in [0.2, 0.25) is 0 Å². The van der Waals surface area contributed by atoms with Crippen molar-refractivity contribution >= 4 is 23.6 Å². The van der Waals surface area contributed by atoms with E-state index < -0.39 is 11.9 Å². The third-order valence-corrected chi connectivity index (χ3v) is 5.02. The number of nitrogens with zero attached hydrogens (tertiary/aromatic N) is 1. The summed E-state index contributed by atoms with van der Waals surface area (Å²) in [7, 11) is 0. The Morgan fingerprint density at radius 2 is 1.44 bits per heavy atom. The van der Waals surface area contributed by atoms with Crippen molar-refractivity contribution in [2.45, 2.75) is 12.8 Å². The molecule has 170 valence electrons. The molecule has 0 saturated carbocycles. The third kappa shape index (κ3) is 7.92. The second-order valence-electron chi connectivity index (χ2n) is 7.22. The minimum atomic E-state index is -1.82. The molecule has 0 atom stereocenters. The van der Waals surface area contributed by atoms with Gasteiger partial charge in [-0.1, -0.05) is 18.2 Å². The predicted molar refractivity (Wildman–Crippen MR) is 114 cm³/mol. The van der Waals surface area contributed by atoms with Crippen molar-refractivity contribution in [3.05, 3.63) is 71.5 Å². The van der Waals surface area contributed by atoms with Gasteiger partial charge in [-0.2, -0.15) is 0 Å². The predicted octanol–water partition coefficient (Wildman–Crippen LogP) is 2.31. The molecule has 1 fully saturated rings. The van der Waals surface area contributed by atoms with E-state index in [1.165, 1.54) is 12.1 Å². The highest BCUT2D eigenvalue weighted by Crippen LogP contribution is 2.21. The van der Waals surface area contributed by atoms with Crippen LogP contribution in [0.15, 0.2) is 54.6 Å². The Kier molecular flexibility index (Phi) is 9.49. The van der Waals surface area contributed by atoms with Gasteiger partial charge in [-0.05, 0) is 62.3 Å². The lowest BCUT2D eigenvalue weighted by atomic mass is 9.89. The standard InChI is InChI=1S/C21H23FN2O2.C2H2O4/c22-19-8-6-16(7-9-19)20(25)17-10-13-24(14-11-17)15-12-23-21(26)18-4-2-1-3-5-18;3-1(4)2(5)6/h1-9,17H,10-15H2,(H,23,26);(H,3,4)(H,5,6). The van der Waals surface area contributed by atoms with Crippen LogP contribution in [0.2, 0.25) is 0 Å². The largest absolute Gasteiger partial charge is 0.473 e. The lowest BCUT2D eigenvalue weighted by Crippen LogP contribution is -2.41. The summed E-state index contributed by atoms with van der Waals surface area (Å²) in [6.45, 7) is 3.03. The summed E-state index contributed by atoms with van der Waals surface area (Å²) in [6.07, 6.45) is 1.59. The second-order valence-corrected chi connectivity index (χ2v) is 7.22.